The lowest BCUT2D eigenvalue weighted by molar-refractivity contribution is 0.102. The van der Waals surface area contributed by atoms with Crippen molar-refractivity contribution < 1.29 is 23.0 Å². The first-order valence-electron chi connectivity index (χ1n) is 11.2. The molecule has 37 heavy (non-hydrogen) atoms. The Morgan fingerprint density at radius 3 is 2.78 bits per heavy atom. The summed E-state index contributed by atoms with van der Waals surface area (Å²) in [5.41, 5.74) is 6.88. The van der Waals surface area contributed by atoms with E-state index >= 15 is 4.39 Å². The first kappa shape index (κ1) is 23.0. The summed E-state index contributed by atoms with van der Waals surface area (Å²) in [7, 11) is 0. The monoisotopic (exact) mass is 520 g/mol. The minimum Gasteiger partial charge on any atom is -0.465 e. The third kappa shape index (κ3) is 3.95. The van der Waals surface area contributed by atoms with Crippen LogP contribution in [0.2, 0.25) is 0 Å². The highest BCUT2D eigenvalue weighted by Gasteiger charge is 2.46. The van der Waals surface area contributed by atoms with Gasteiger partial charge in [-0.15, -0.1) is 11.3 Å². The van der Waals surface area contributed by atoms with E-state index in [1.54, 1.807) is 29.6 Å². The molecule has 9 nitrogen and oxygen atoms in total. The number of aliphatic imine (C=N–C) groups is 1. The van der Waals surface area contributed by atoms with Crippen LogP contribution in [0.25, 0.3) is 11.3 Å². The van der Waals surface area contributed by atoms with Gasteiger partial charge in [-0.25, -0.2) is 19.4 Å². The summed E-state index contributed by atoms with van der Waals surface area (Å²) in [5.74, 6) is -1.64. The van der Waals surface area contributed by atoms with Gasteiger partial charge in [0.05, 0.1) is 23.5 Å². The minimum absolute atomic E-state index is 0.0800. The fourth-order valence-electron chi connectivity index (χ4n) is 4.51. The van der Waals surface area contributed by atoms with Crippen LogP contribution in [-0.2, 0) is 10.3 Å². The van der Waals surface area contributed by atoms with Crippen molar-refractivity contribution >= 4 is 29.0 Å². The number of amidine groups is 1. The van der Waals surface area contributed by atoms with E-state index in [0.29, 0.717) is 34.7 Å². The third-order valence-electron chi connectivity index (χ3n) is 6.14. The summed E-state index contributed by atoms with van der Waals surface area (Å²) in [6.07, 6.45) is 2.73. The van der Waals surface area contributed by atoms with E-state index in [9.17, 15) is 9.18 Å². The molecule has 0 aliphatic carbocycles. The van der Waals surface area contributed by atoms with Crippen molar-refractivity contribution in [1.29, 1.82) is 0 Å². The Balaban J connectivity index is 1.49. The first-order valence-corrected chi connectivity index (χ1v) is 12.1. The molecule has 3 N–H and O–H groups in total. The van der Waals surface area contributed by atoms with E-state index < -0.39 is 17.3 Å². The molecule has 6 rings (SSSR count). The molecule has 1 spiro atoms. The molecule has 1 atom stereocenters. The number of fused-ring (bicyclic) bond motifs is 4. The van der Waals surface area contributed by atoms with E-state index in [1.807, 2.05) is 6.92 Å². The predicted octanol–water partition coefficient (Wildman–Crippen LogP) is 4.52. The molecular weight excluding hydrogens is 502 g/mol. The number of amides is 1. The lowest BCUT2D eigenvalue weighted by Crippen LogP contribution is -2.39. The third-order valence-corrected chi connectivity index (χ3v) is 6.91. The fraction of sp³-hybridized carbons (Fsp3) is 0.160. The smallest absolute Gasteiger partial charge is 0.283 e. The van der Waals surface area contributed by atoms with Crippen molar-refractivity contribution in [1.82, 2.24) is 15.0 Å². The summed E-state index contributed by atoms with van der Waals surface area (Å²) >= 11 is 1.37. The van der Waals surface area contributed by atoms with Crippen molar-refractivity contribution in [3.8, 4) is 22.8 Å². The van der Waals surface area contributed by atoms with E-state index in [2.05, 4.69) is 25.3 Å². The molecule has 12 heteroatoms. The normalized spacial score (nSPS) is 17.8. The molecule has 0 saturated heterocycles. The van der Waals surface area contributed by atoms with Crippen LogP contribution in [0.15, 0.2) is 53.1 Å². The lowest BCUT2D eigenvalue weighted by atomic mass is 9.77. The van der Waals surface area contributed by atoms with Gasteiger partial charge in [0.1, 0.15) is 22.8 Å². The Morgan fingerprint density at radius 1 is 1.16 bits per heavy atom. The van der Waals surface area contributed by atoms with Crippen LogP contribution in [0, 0.1) is 18.7 Å². The van der Waals surface area contributed by atoms with Gasteiger partial charge < -0.3 is 20.5 Å². The molecule has 1 aromatic carbocycles. The molecule has 186 valence electrons. The number of nitrogens with one attached hydrogen (secondary N) is 1. The van der Waals surface area contributed by atoms with Gasteiger partial charge in [-0.2, -0.15) is 4.39 Å². The Bertz CT molecular complexity index is 1610. The Morgan fingerprint density at radius 2 is 2.03 bits per heavy atom. The zero-order valence-corrected chi connectivity index (χ0v) is 20.1. The second kappa shape index (κ2) is 8.59. The molecule has 1 amide bonds. The van der Waals surface area contributed by atoms with Crippen molar-refractivity contribution in [3.63, 3.8) is 0 Å². The molecule has 4 aromatic rings. The lowest BCUT2D eigenvalue weighted by Gasteiger charge is -2.39. The SMILES string of the molecule is Cc1nc(C(=O)Nc2ccc3c(c2)[C@@]2(CCOC(N)=N2)c2cc(-c4cncc(F)c4)nc(F)c2O3)cs1. The number of ether oxygens (including phenoxy) is 2. The molecule has 0 bridgehead atoms. The molecule has 5 heterocycles. The number of nitrogens with zero attached hydrogens (tertiary/aromatic N) is 4. The van der Waals surface area contributed by atoms with Gasteiger partial charge in [0, 0.05) is 40.4 Å². The predicted molar refractivity (Wildman–Crippen MR) is 132 cm³/mol. The molecule has 0 unspecified atom stereocenters. The van der Waals surface area contributed by atoms with E-state index in [1.165, 1.54) is 23.6 Å². The number of aryl methyl sites for hydroxylation is 1. The summed E-state index contributed by atoms with van der Waals surface area (Å²) in [6, 6.07) is 7.68. The number of carbonyl (C=O) groups is 1. The Kier molecular flexibility index (Phi) is 5.33. The molecule has 2 aliphatic heterocycles. The highest BCUT2D eigenvalue weighted by Crippen LogP contribution is 2.53. The average molecular weight is 521 g/mol. The van der Waals surface area contributed by atoms with Crippen molar-refractivity contribution in [3.05, 3.63) is 81.7 Å². The van der Waals surface area contributed by atoms with Crippen LogP contribution in [0.1, 0.15) is 33.0 Å². The van der Waals surface area contributed by atoms with Crippen LogP contribution in [0.4, 0.5) is 14.5 Å². The van der Waals surface area contributed by atoms with Gasteiger partial charge in [-0.05, 0) is 37.3 Å². The quantitative estimate of drug-likeness (QED) is 0.381. The number of thiazole rings is 1. The average Bonchev–Trinajstić information content (AvgIpc) is 3.32. The summed E-state index contributed by atoms with van der Waals surface area (Å²) < 4.78 is 40.5. The van der Waals surface area contributed by atoms with Crippen LogP contribution in [-0.4, -0.2) is 33.5 Å². The van der Waals surface area contributed by atoms with Crippen LogP contribution < -0.4 is 15.8 Å². The topological polar surface area (TPSA) is 125 Å². The van der Waals surface area contributed by atoms with E-state index in [4.69, 9.17) is 15.2 Å². The zero-order valence-electron chi connectivity index (χ0n) is 19.3. The molecule has 0 fully saturated rings. The molecule has 0 saturated carbocycles. The molecule has 2 aliphatic rings. The van der Waals surface area contributed by atoms with Gasteiger partial charge in [-0.1, -0.05) is 0 Å². The van der Waals surface area contributed by atoms with Crippen molar-refractivity contribution in [2.45, 2.75) is 18.9 Å². The van der Waals surface area contributed by atoms with Crippen LogP contribution in [0.5, 0.6) is 11.5 Å². The number of carbonyl (C=O) groups excluding carboxylic acids is 1. The second-order valence-electron chi connectivity index (χ2n) is 8.49. The van der Waals surface area contributed by atoms with E-state index in [-0.39, 0.29) is 35.5 Å². The van der Waals surface area contributed by atoms with Gasteiger partial charge in [0.25, 0.3) is 17.9 Å². The van der Waals surface area contributed by atoms with Gasteiger partial charge in [0.2, 0.25) is 0 Å². The standard InChI is InChI=1S/C25H18F2N6O3S/c1-12-30-19(11-37-12)23(34)31-15-2-3-20-16(7-15)25(4-5-35-24(28)33-25)17-8-18(32-22(27)21(17)36-20)13-6-14(26)10-29-9-13/h2-3,6-11H,4-5H2,1H3,(H2,28,33)(H,31,34)/t25-/m0/s1. The minimum atomic E-state index is -1.21. The van der Waals surface area contributed by atoms with E-state index in [0.717, 1.165) is 11.2 Å². The number of halogens is 2. The summed E-state index contributed by atoms with van der Waals surface area (Å²) in [4.78, 5) is 29.4. The number of hydrogen-bond donors (Lipinski definition) is 2. The maximum atomic E-state index is 15.4. The number of aromatic nitrogens is 3. The maximum Gasteiger partial charge on any atom is 0.283 e. The van der Waals surface area contributed by atoms with Gasteiger partial charge in [0.15, 0.2) is 5.75 Å². The van der Waals surface area contributed by atoms with Crippen LogP contribution in [0.3, 0.4) is 0 Å². The van der Waals surface area contributed by atoms with Crippen molar-refractivity contribution in [2.75, 3.05) is 11.9 Å². The van der Waals surface area contributed by atoms with Crippen molar-refractivity contribution in [2.24, 2.45) is 10.7 Å². The number of rotatable bonds is 3. The Hall–Kier alpha value is -4.45. The number of nitrogens with two attached hydrogens (primary N) is 1. The number of anilines is 1. The highest BCUT2D eigenvalue weighted by atomic mass is 32.1. The zero-order chi connectivity index (χ0) is 25.7. The van der Waals surface area contributed by atoms with Crippen LogP contribution >= 0.6 is 11.3 Å². The number of benzene rings is 1. The fourth-order valence-corrected chi connectivity index (χ4v) is 5.11. The highest BCUT2D eigenvalue weighted by molar-refractivity contribution is 7.09. The summed E-state index contributed by atoms with van der Waals surface area (Å²) in [6.45, 7) is 2.01. The molecular formula is C25H18F2N6O3S. The van der Waals surface area contributed by atoms with Gasteiger partial charge >= 0.3 is 0 Å². The molecule has 0 radical (unpaired) electrons. The maximum absolute atomic E-state index is 15.4. The van der Waals surface area contributed by atoms with Gasteiger partial charge in [-0.3, -0.25) is 9.78 Å². The summed E-state index contributed by atoms with van der Waals surface area (Å²) in [5, 5.41) is 5.28. The Labute approximate surface area is 213 Å². The largest absolute Gasteiger partial charge is 0.465 e. The number of pyridine rings is 2. The second-order valence-corrected chi connectivity index (χ2v) is 9.56. The first-order chi connectivity index (χ1) is 17.8. The molecule has 3 aromatic heterocycles. The number of hydrogen-bond acceptors (Lipinski definition) is 9.